The molecule has 0 spiro atoms. The average molecular weight is 267 g/mol. The largest absolute Gasteiger partial charge is 0.444 e. The molecule has 2 aromatic rings. The van der Waals surface area contributed by atoms with E-state index in [9.17, 15) is 4.79 Å². The second kappa shape index (κ2) is 5.05. The lowest BCUT2D eigenvalue weighted by Crippen LogP contribution is -2.24. The van der Waals surface area contributed by atoms with Crippen LogP contribution in [0.25, 0.3) is 0 Å². The van der Waals surface area contributed by atoms with E-state index in [1.165, 1.54) is 12.3 Å². The first-order chi connectivity index (χ1) is 8.56. The standard InChI is InChI=1S/C11H11ClN4O2/c1-6-3-15-10(18-6)5-16-11(17)7-2-9(12)14-4-8(7)13/h2-4H,5,13H2,1H3,(H,16,17). The van der Waals surface area contributed by atoms with E-state index in [-0.39, 0.29) is 28.9 Å². The molecule has 6 nitrogen and oxygen atoms in total. The first-order valence-corrected chi connectivity index (χ1v) is 5.54. The summed E-state index contributed by atoms with van der Waals surface area (Å²) in [5.41, 5.74) is 6.18. The Morgan fingerprint density at radius 2 is 2.28 bits per heavy atom. The van der Waals surface area contributed by atoms with Crippen molar-refractivity contribution in [2.24, 2.45) is 0 Å². The minimum absolute atomic E-state index is 0.187. The highest BCUT2D eigenvalue weighted by molar-refractivity contribution is 6.29. The van der Waals surface area contributed by atoms with E-state index < -0.39 is 0 Å². The third-order valence-corrected chi connectivity index (χ3v) is 2.42. The maximum atomic E-state index is 11.9. The van der Waals surface area contributed by atoms with Crippen molar-refractivity contribution in [3.05, 3.63) is 40.8 Å². The molecule has 94 valence electrons. The lowest BCUT2D eigenvalue weighted by molar-refractivity contribution is 0.0948. The molecule has 2 aromatic heterocycles. The Kier molecular flexibility index (Phi) is 3.47. The number of aryl methyl sites for hydroxylation is 1. The number of nitrogen functional groups attached to an aromatic ring is 1. The number of rotatable bonds is 3. The maximum absolute atomic E-state index is 11.9. The van der Waals surface area contributed by atoms with Crippen LogP contribution < -0.4 is 11.1 Å². The van der Waals surface area contributed by atoms with Crippen LogP contribution in [-0.2, 0) is 6.54 Å². The number of amides is 1. The summed E-state index contributed by atoms with van der Waals surface area (Å²) in [6.45, 7) is 1.96. The van der Waals surface area contributed by atoms with E-state index >= 15 is 0 Å². The molecule has 0 saturated heterocycles. The van der Waals surface area contributed by atoms with Crippen LogP contribution in [0, 0.1) is 6.92 Å². The van der Waals surface area contributed by atoms with E-state index in [1.54, 1.807) is 13.1 Å². The van der Waals surface area contributed by atoms with Crippen molar-refractivity contribution < 1.29 is 9.21 Å². The molecule has 0 aliphatic rings. The van der Waals surface area contributed by atoms with Gasteiger partial charge in [-0.25, -0.2) is 9.97 Å². The van der Waals surface area contributed by atoms with Crippen LogP contribution in [0.5, 0.6) is 0 Å². The van der Waals surface area contributed by atoms with Crippen molar-refractivity contribution in [1.29, 1.82) is 0 Å². The number of oxazole rings is 1. The molecule has 2 heterocycles. The van der Waals surface area contributed by atoms with E-state index in [2.05, 4.69) is 15.3 Å². The quantitative estimate of drug-likeness (QED) is 0.822. The van der Waals surface area contributed by atoms with Gasteiger partial charge in [0.15, 0.2) is 0 Å². The number of pyridine rings is 1. The topological polar surface area (TPSA) is 94.0 Å². The Hall–Kier alpha value is -2.08. The number of halogens is 1. The number of hydrogen-bond acceptors (Lipinski definition) is 5. The Morgan fingerprint density at radius 3 is 2.94 bits per heavy atom. The molecule has 0 atom stereocenters. The van der Waals surface area contributed by atoms with Crippen molar-refractivity contribution in [2.45, 2.75) is 13.5 Å². The number of nitrogens with zero attached hydrogens (tertiary/aromatic N) is 2. The summed E-state index contributed by atoms with van der Waals surface area (Å²) in [5.74, 6) is 0.762. The maximum Gasteiger partial charge on any atom is 0.253 e. The molecule has 0 aromatic carbocycles. The van der Waals surface area contributed by atoms with Crippen molar-refractivity contribution >= 4 is 23.2 Å². The predicted octanol–water partition coefficient (Wildman–Crippen LogP) is 1.54. The van der Waals surface area contributed by atoms with Gasteiger partial charge in [-0.3, -0.25) is 4.79 Å². The van der Waals surface area contributed by atoms with Gasteiger partial charge in [-0.05, 0) is 13.0 Å². The van der Waals surface area contributed by atoms with Crippen LogP contribution in [0.3, 0.4) is 0 Å². The molecule has 0 aliphatic heterocycles. The number of hydrogen-bond donors (Lipinski definition) is 2. The molecule has 3 N–H and O–H groups in total. The Morgan fingerprint density at radius 1 is 1.50 bits per heavy atom. The lowest BCUT2D eigenvalue weighted by Gasteiger charge is -2.05. The summed E-state index contributed by atoms with van der Waals surface area (Å²) < 4.78 is 5.23. The lowest BCUT2D eigenvalue weighted by atomic mass is 10.2. The van der Waals surface area contributed by atoms with Gasteiger partial charge in [0.25, 0.3) is 5.91 Å². The summed E-state index contributed by atoms with van der Waals surface area (Å²) in [6, 6.07) is 1.41. The summed E-state index contributed by atoms with van der Waals surface area (Å²) >= 11 is 5.70. The molecular formula is C11H11ClN4O2. The molecule has 0 radical (unpaired) electrons. The van der Waals surface area contributed by atoms with Gasteiger partial charge in [-0.2, -0.15) is 0 Å². The third-order valence-electron chi connectivity index (χ3n) is 2.22. The third kappa shape index (κ3) is 2.78. The SMILES string of the molecule is Cc1cnc(CNC(=O)c2cc(Cl)ncc2N)o1. The number of carbonyl (C=O) groups is 1. The zero-order chi connectivity index (χ0) is 13.1. The second-order valence-corrected chi connectivity index (χ2v) is 4.03. The van der Waals surface area contributed by atoms with Crippen LogP contribution in [-0.4, -0.2) is 15.9 Å². The van der Waals surface area contributed by atoms with Crippen LogP contribution in [0.15, 0.2) is 22.9 Å². The van der Waals surface area contributed by atoms with Crippen LogP contribution in [0.1, 0.15) is 22.0 Å². The fraction of sp³-hybridized carbons (Fsp3) is 0.182. The van der Waals surface area contributed by atoms with Gasteiger partial charge in [0.1, 0.15) is 10.9 Å². The van der Waals surface area contributed by atoms with Crippen LogP contribution in [0.4, 0.5) is 5.69 Å². The average Bonchev–Trinajstić information content (AvgIpc) is 2.75. The number of carbonyl (C=O) groups excluding carboxylic acids is 1. The first-order valence-electron chi connectivity index (χ1n) is 5.17. The predicted molar refractivity (Wildman–Crippen MR) is 66.1 cm³/mol. The smallest absolute Gasteiger partial charge is 0.253 e. The number of aromatic nitrogens is 2. The molecular weight excluding hydrogens is 256 g/mol. The summed E-state index contributed by atoms with van der Waals surface area (Å²) in [7, 11) is 0. The van der Waals surface area contributed by atoms with Gasteiger partial charge in [0.2, 0.25) is 5.89 Å². The highest BCUT2D eigenvalue weighted by Crippen LogP contribution is 2.14. The van der Waals surface area contributed by atoms with Crippen molar-refractivity contribution in [3.63, 3.8) is 0 Å². The molecule has 0 bridgehead atoms. The molecule has 0 fully saturated rings. The Balaban J connectivity index is 2.05. The Labute approximate surface area is 108 Å². The second-order valence-electron chi connectivity index (χ2n) is 3.64. The fourth-order valence-corrected chi connectivity index (χ4v) is 1.53. The molecule has 1 amide bonds. The van der Waals surface area contributed by atoms with Gasteiger partial charge >= 0.3 is 0 Å². The van der Waals surface area contributed by atoms with Crippen molar-refractivity contribution in [3.8, 4) is 0 Å². The summed E-state index contributed by atoms with van der Waals surface area (Å²) in [5, 5.41) is 2.84. The normalized spacial score (nSPS) is 10.3. The number of anilines is 1. The minimum atomic E-state index is -0.354. The van der Waals surface area contributed by atoms with Crippen LogP contribution >= 0.6 is 11.6 Å². The Bertz CT molecular complexity index is 582. The number of nitrogens with one attached hydrogen (secondary N) is 1. The zero-order valence-electron chi connectivity index (χ0n) is 9.61. The molecule has 18 heavy (non-hydrogen) atoms. The zero-order valence-corrected chi connectivity index (χ0v) is 10.4. The number of nitrogens with two attached hydrogens (primary N) is 1. The molecule has 0 aliphatic carbocycles. The van der Waals surface area contributed by atoms with Crippen molar-refractivity contribution in [2.75, 3.05) is 5.73 Å². The monoisotopic (exact) mass is 266 g/mol. The minimum Gasteiger partial charge on any atom is -0.444 e. The highest BCUT2D eigenvalue weighted by atomic mass is 35.5. The van der Waals surface area contributed by atoms with Gasteiger partial charge in [-0.15, -0.1) is 0 Å². The van der Waals surface area contributed by atoms with Gasteiger partial charge in [-0.1, -0.05) is 11.6 Å². The van der Waals surface area contributed by atoms with Crippen LogP contribution in [0.2, 0.25) is 5.15 Å². The fourth-order valence-electron chi connectivity index (χ4n) is 1.37. The van der Waals surface area contributed by atoms with Crippen molar-refractivity contribution in [1.82, 2.24) is 15.3 Å². The van der Waals surface area contributed by atoms with E-state index in [1.807, 2.05) is 0 Å². The van der Waals surface area contributed by atoms with E-state index in [0.717, 1.165) is 0 Å². The highest BCUT2D eigenvalue weighted by Gasteiger charge is 2.11. The molecule has 7 heteroatoms. The van der Waals surface area contributed by atoms with Gasteiger partial charge < -0.3 is 15.5 Å². The molecule has 2 rings (SSSR count). The summed E-state index contributed by atoms with van der Waals surface area (Å²) in [4.78, 5) is 19.6. The van der Waals surface area contributed by atoms with Gasteiger partial charge in [0, 0.05) is 0 Å². The molecule has 0 unspecified atom stereocenters. The summed E-state index contributed by atoms with van der Waals surface area (Å²) in [6.07, 6.45) is 2.92. The van der Waals surface area contributed by atoms with E-state index in [0.29, 0.717) is 11.7 Å². The van der Waals surface area contributed by atoms with E-state index in [4.69, 9.17) is 21.8 Å². The molecule has 0 saturated carbocycles. The van der Waals surface area contributed by atoms with Gasteiger partial charge in [0.05, 0.1) is 30.2 Å². The first kappa shape index (κ1) is 12.4.